The van der Waals surface area contributed by atoms with Gasteiger partial charge in [0.2, 0.25) is 0 Å². The molecule has 0 N–H and O–H groups in total. The van der Waals surface area contributed by atoms with Crippen LogP contribution in [0.1, 0.15) is 47.1 Å². The van der Waals surface area contributed by atoms with Crippen LogP contribution in [0.25, 0.3) is 17.1 Å². The summed E-state index contributed by atoms with van der Waals surface area (Å²) in [5.74, 6) is -3.47. The van der Waals surface area contributed by atoms with Crippen molar-refractivity contribution >= 4 is 5.78 Å². The van der Waals surface area contributed by atoms with Gasteiger partial charge in [-0.1, -0.05) is 6.07 Å². The summed E-state index contributed by atoms with van der Waals surface area (Å²) >= 11 is 0. The van der Waals surface area contributed by atoms with E-state index in [9.17, 15) is 18.0 Å². The van der Waals surface area contributed by atoms with Gasteiger partial charge in [0.1, 0.15) is 5.69 Å². The molecule has 6 rings (SSSR count). The highest BCUT2D eigenvalue weighted by molar-refractivity contribution is 5.96. The van der Waals surface area contributed by atoms with Crippen molar-refractivity contribution < 1.29 is 18.0 Å². The zero-order chi connectivity index (χ0) is 25.0. The molecule has 10 heteroatoms. The van der Waals surface area contributed by atoms with Crippen molar-refractivity contribution in [2.24, 2.45) is 7.05 Å². The first-order chi connectivity index (χ1) is 17.4. The Morgan fingerprint density at radius 2 is 1.92 bits per heavy atom. The molecule has 2 aliphatic heterocycles. The highest BCUT2D eigenvalue weighted by atomic mass is 19.2. The molecule has 1 saturated heterocycles. The lowest BCUT2D eigenvalue weighted by molar-refractivity contribution is 0.0559. The molecule has 0 aliphatic carbocycles. The summed E-state index contributed by atoms with van der Waals surface area (Å²) in [6, 6.07) is 9.09. The largest absolute Gasteiger partial charge is 0.291 e. The number of piperidine rings is 1. The number of rotatable bonds is 5. The predicted octanol–water partition coefficient (Wildman–Crippen LogP) is 4.42. The highest BCUT2D eigenvalue weighted by Gasteiger charge is 2.42. The third kappa shape index (κ3) is 3.72. The number of pyridine rings is 1. The minimum Gasteiger partial charge on any atom is -0.291 e. The third-order valence-electron chi connectivity index (χ3n) is 7.16. The zero-order valence-electron chi connectivity index (χ0n) is 19.5. The number of ketones is 1. The van der Waals surface area contributed by atoms with Crippen molar-refractivity contribution in [3.63, 3.8) is 0 Å². The molecule has 7 nitrogen and oxygen atoms in total. The Hall–Kier alpha value is -3.79. The maximum atomic E-state index is 14.0. The maximum Gasteiger partial charge on any atom is 0.195 e. The van der Waals surface area contributed by atoms with Crippen molar-refractivity contribution in [3.05, 3.63) is 83.2 Å². The van der Waals surface area contributed by atoms with Crippen molar-refractivity contribution in [2.75, 3.05) is 6.54 Å². The minimum absolute atomic E-state index is 0.0765. The number of aromatic nitrogens is 5. The molecule has 2 aliphatic rings. The van der Waals surface area contributed by atoms with E-state index in [1.165, 1.54) is 0 Å². The number of carbonyl (C=O) groups excluding carboxylic acids is 1. The van der Waals surface area contributed by atoms with Crippen LogP contribution in [0.3, 0.4) is 0 Å². The van der Waals surface area contributed by atoms with Gasteiger partial charge in [0.15, 0.2) is 29.1 Å². The number of nitrogens with zero attached hydrogens (tertiary/aromatic N) is 6. The van der Waals surface area contributed by atoms with Gasteiger partial charge < -0.3 is 0 Å². The average Bonchev–Trinajstić information content (AvgIpc) is 3.51. The SMILES string of the molecule is Cn1nc2c(c1-c1cc(F)c(F)c(F)c1)C[C@@H]1CCC[C@H]2N1CC(=O)c1cccc(-n2cccn2)n1. The predicted molar refractivity (Wildman–Crippen MR) is 125 cm³/mol. The van der Waals surface area contributed by atoms with Gasteiger partial charge in [0.05, 0.1) is 24.0 Å². The van der Waals surface area contributed by atoms with E-state index in [0.29, 0.717) is 23.6 Å². The van der Waals surface area contributed by atoms with E-state index in [0.717, 1.165) is 42.7 Å². The molecule has 3 aromatic heterocycles. The van der Waals surface area contributed by atoms with Crippen molar-refractivity contribution in [1.29, 1.82) is 0 Å². The molecule has 36 heavy (non-hydrogen) atoms. The molecule has 0 radical (unpaired) electrons. The number of carbonyl (C=O) groups is 1. The normalized spacial score (nSPS) is 19.3. The molecule has 2 atom stereocenters. The fourth-order valence-electron chi connectivity index (χ4n) is 5.59. The lowest BCUT2D eigenvalue weighted by Crippen LogP contribution is -2.48. The monoisotopic (exact) mass is 492 g/mol. The Morgan fingerprint density at radius 3 is 2.67 bits per heavy atom. The first-order valence-electron chi connectivity index (χ1n) is 11.9. The van der Waals surface area contributed by atoms with Gasteiger partial charge in [-0.2, -0.15) is 10.2 Å². The molecule has 1 fully saturated rings. The summed E-state index contributed by atoms with van der Waals surface area (Å²) in [5, 5.41) is 8.89. The molecule has 0 amide bonds. The standard InChI is InChI=1S/C26H23F3N6O/c1-33-26(15-11-18(27)24(29)19(28)12-15)17-13-16-5-2-7-21(25(17)32-33)34(16)14-22(36)20-6-3-8-23(31-20)35-10-4-9-30-35/h3-4,6,8-12,16,21H,2,5,7,13-14H2,1H3/t16-,21+/m0/s1. The molecule has 1 aromatic carbocycles. The molecule has 184 valence electrons. The summed E-state index contributed by atoms with van der Waals surface area (Å²) < 4.78 is 44.8. The summed E-state index contributed by atoms with van der Waals surface area (Å²) in [6.45, 7) is 0.191. The van der Waals surface area contributed by atoms with Crippen molar-refractivity contribution in [3.8, 4) is 17.1 Å². The first-order valence-corrected chi connectivity index (χ1v) is 11.9. The average molecular weight is 493 g/mol. The fourth-order valence-corrected chi connectivity index (χ4v) is 5.59. The van der Waals surface area contributed by atoms with Crippen molar-refractivity contribution in [2.45, 2.75) is 37.8 Å². The van der Waals surface area contributed by atoms with Gasteiger partial charge in [-0.25, -0.2) is 22.8 Å². The van der Waals surface area contributed by atoms with Gasteiger partial charge in [0.25, 0.3) is 0 Å². The number of fused-ring (bicyclic) bond motifs is 4. The van der Waals surface area contributed by atoms with Crippen LogP contribution in [-0.4, -0.2) is 47.8 Å². The summed E-state index contributed by atoms with van der Waals surface area (Å²) in [7, 11) is 1.72. The lowest BCUT2D eigenvalue weighted by Gasteiger charge is -2.45. The van der Waals surface area contributed by atoms with Crippen LogP contribution < -0.4 is 0 Å². The number of hydrogen-bond acceptors (Lipinski definition) is 5. The number of halogens is 3. The van der Waals surface area contributed by atoms with E-state index in [1.807, 2.05) is 0 Å². The van der Waals surface area contributed by atoms with E-state index >= 15 is 0 Å². The van der Waals surface area contributed by atoms with Gasteiger partial charge in [-0.15, -0.1) is 0 Å². The Morgan fingerprint density at radius 1 is 1.11 bits per heavy atom. The smallest absolute Gasteiger partial charge is 0.195 e. The Kier molecular flexibility index (Phi) is 5.48. The Balaban J connectivity index is 1.32. The molecule has 2 bridgehead atoms. The van der Waals surface area contributed by atoms with E-state index in [-0.39, 0.29) is 30.0 Å². The number of Topliss-reactive ketones (excluding diaryl/α,β-unsaturated/α-hetero) is 1. The van der Waals surface area contributed by atoms with Crippen LogP contribution in [0.5, 0.6) is 0 Å². The summed E-state index contributed by atoms with van der Waals surface area (Å²) in [5.41, 5.74) is 2.91. The fraction of sp³-hybridized carbons (Fsp3) is 0.308. The highest BCUT2D eigenvalue weighted by Crippen LogP contribution is 2.44. The van der Waals surface area contributed by atoms with E-state index < -0.39 is 17.5 Å². The van der Waals surface area contributed by atoms with E-state index in [1.54, 1.807) is 53.1 Å². The van der Waals surface area contributed by atoms with Crippen LogP contribution in [0.4, 0.5) is 13.2 Å². The Bertz CT molecular complexity index is 1440. The van der Waals surface area contributed by atoms with Crippen LogP contribution >= 0.6 is 0 Å². The second-order valence-electron chi connectivity index (χ2n) is 9.32. The molecule has 4 aromatic rings. The van der Waals surface area contributed by atoms with E-state index in [2.05, 4.69) is 15.0 Å². The molecular weight excluding hydrogens is 469 g/mol. The third-order valence-corrected chi connectivity index (χ3v) is 7.16. The molecule has 0 saturated carbocycles. The van der Waals surface area contributed by atoms with Crippen LogP contribution in [0, 0.1) is 17.5 Å². The molecular formula is C26H23F3N6O. The van der Waals surface area contributed by atoms with Gasteiger partial charge in [-0.05, 0) is 56.0 Å². The van der Waals surface area contributed by atoms with Gasteiger partial charge >= 0.3 is 0 Å². The number of aryl methyl sites for hydroxylation is 1. The second kappa shape index (κ2) is 8.70. The molecule has 5 heterocycles. The van der Waals surface area contributed by atoms with Crippen molar-refractivity contribution in [1.82, 2.24) is 29.4 Å². The minimum atomic E-state index is -1.48. The van der Waals surface area contributed by atoms with Crippen LogP contribution in [-0.2, 0) is 13.5 Å². The first kappa shape index (κ1) is 22.7. The van der Waals surface area contributed by atoms with Gasteiger partial charge in [-0.3, -0.25) is 14.4 Å². The molecule has 0 unspecified atom stereocenters. The quantitative estimate of drug-likeness (QED) is 0.305. The number of benzene rings is 1. The maximum absolute atomic E-state index is 14.0. The zero-order valence-corrected chi connectivity index (χ0v) is 19.5. The number of hydrogen-bond donors (Lipinski definition) is 0. The summed E-state index contributed by atoms with van der Waals surface area (Å²) in [6.07, 6.45) is 6.72. The van der Waals surface area contributed by atoms with Crippen LogP contribution in [0.2, 0.25) is 0 Å². The second-order valence-corrected chi connectivity index (χ2v) is 9.32. The topological polar surface area (TPSA) is 68.8 Å². The Labute approximate surface area is 205 Å². The molecule has 0 spiro atoms. The summed E-state index contributed by atoms with van der Waals surface area (Å²) in [4.78, 5) is 20.0. The van der Waals surface area contributed by atoms with Crippen LogP contribution in [0.15, 0.2) is 48.8 Å². The lowest BCUT2D eigenvalue weighted by atomic mass is 9.81. The van der Waals surface area contributed by atoms with E-state index in [4.69, 9.17) is 5.10 Å². The van der Waals surface area contributed by atoms with Gasteiger partial charge in [0, 0.05) is 36.6 Å².